The van der Waals surface area contributed by atoms with Gasteiger partial charge in [0.25, 0.3) is 5.91 Å². The highest BCUT2D eigenvalue weighted by Gasteiger charge is 2.28. The lowest BCUT2D eigenvalue weighted by molar-refractivity contribution is 0.0665. The smallest absolute Gasteiger partial charge is 0.339 e. The lowest BCUT2D eigenvalue weighted by Crippen LogP contribution is -2.37. The Morgan fingerprint density at radius 1 is 1.32 bits per heavy atom. The Bertz CT molecular complexity index is 813. The third kappa shape index (κ3) is 3.35. The Morgan fingerprint density at radius 3 is 2.84 bits per heavy atom. The van der Waals surface area contributed by atoms with Gasteiger partial charge in [-0.2, -0.15) is 5.10 Å². The molecule has 0 fully saturated rings. The normalized spacial score (nSPS) is 13.4. The van der Waals surface area contributed by atoms with Crippen LogP contribution in [0.25, 0.3) is 0 Å². The molecule has 0 aliphatic carbocycles. The largest absolute Gasteiger partial charge is 0.494 e. The minimum Gasteiger partial charge on any atom is -0.494 e. The van der Waals surface area contributed by atoms with Crippen molar-refractivity contribution in [3.8, 4) is 5.75 Å². The van der Waals surface area contributed by atoms with E-state index in [-0.39, 0.29) is 17.2 Å². The maximum atomic E-state index is 12.8. The summed E-state index contributed by atoms with van der Waals surface area (Å²) >= 11 is 0. The van der Waals surface area contributed by atoms with E-state index in [1.165, 1.54) is 16.4 Å². The van der Waals surface area contributed by atoms with E-state index in [1.807, 2.05) is 18.2 Å². The first-order valence-electron chi connectivity index (χ1n) is 8.30. The lowest BCUT2D eigenvalue weighted by atomic mass is 9.99. The molecule has 1 aromatic carbocycles. The van der Waals surface area contributed by atoms with Crippen LogP contribution in [0.5, 0.6) is 5.75 Å². The molecule has 7 nitrogen and oxygen atoms in total. The monoisotopic (exact) mass is 343 g/mol. The molecule has 132 valence electrons. The van der Waals surface area contributed by atoms with Crippen molar-refractivity contribution in [3.05, 3.63) is 46.8 Å². The second kappa shape index (κ2) is 6.96. The molecule has 1 amide bonds. The van der Waals surface area contributed by atoms with Crippen LogP contribution in [0.3, 0.4) is 0 Å². The average Bonchev–Trinajstić information content (AvgIpc) is 3.00. The molecule has 0 unspecified atom stereocenters. The number of carboxylic acid groups (broad SMARTS) is 1. The lowest BCUT2D eigenvalue weighted by Gasteiger charge is -2.29. The zero-order valence-electron chi connectivity index (χ0n) is 14.4. The van der Waals surface area contributed by atoms with Gasteiger partial charge in [-0.3, -0.25) is 9.48 Å². The number of hydrogen-bond donors (Lipinski definition) is 1. The Morgan fingerprint density at radius 2 is 2.12 bits per heavy atom. The van der Waals surface area contributed by atoms with Crippen molar-refractivity contribution in [2.45, 2.75) is 26.3 Å². The third-order valence-electron chi connectivity index (χ3n) is 4.32. The number of aromatic carboxylic acids is 1. The van der Waals surface area contributed by atoms with Crippen LogP contribution in [-0.4, -0.2) is 44.8 Å². The van der Waals surface area contributed by atoms with E-state index >= 15 is 0 Å². The van der Waals surface area contributed by atoms with Gasteiger partial charge in [0.15, 0.2) is 0 Å². The fourth-order valence-electron chi connectivity index (χ4n) is 3.01. The number of benzene rings is 1. The molecule has 0 saturated carbocycles. The number of carbonyl (C=O) groups excluding carboxylic acids is 1. The summed E-state index contributed by atoms with van der Waals surface area (Å²) < 4.78 is 6.98. The number of aryl methyl sites for hydroxylation is 1. The highest BCUT2D eigenvalue weighted by Crippen LogP contribution is 2.25. The number of amides is 1. The predicted octanol–water partition coefficient (Wildman–Crippen LogP) is 2.11. The Hall–Kier alpha value is -2.83. The number of aromatic nitrogens is 2. The summed E-state index contributed by atoms with van der Waals surface area (Å²) in [5, 5.41) is 13.2. The molecule has 25 heavy (non-hydrogen) atoms. The highest BCUT2D eigenvalue weighted by molar-refractivity contribution is 6.03. The van der Waals surface area contributed by atoms with Crippen molar-refractivity contribution < 1.29 is 19.4 Å². The third-order valence-corrected chi connectivity index (χ3v) is 4.32. The van der Waals surface area contributed by atoms with E-state index in [0.717, 1.165) is 17.7 Å². The molecule has 0 atom stereocenters. The second-order valence-corrected chi connectivity index (χ2v) is 6.09. The fourth-order valence-corrected chi connectivity index (χ4v) is 3.01. The van der Waals surface area contributed by atoms with Crippen LogP contribution < -0.4 is 4.74 Å². The number of rotatable bonds is 5. The number of nitrogens with zero attached hydrogens (tertiary/aromatic N) is 3. The molecule has 1 N–H and O–H groups in total. The molecule has 2 aromatic rings. The van der Waals surface area contributed by atoms with Gasteiger partial charge < -0.3 is 14.7 Å². The highest BCUT2D eigenvalue weighted by atomic mass is 16.5. The zero-order valence-corrected chi connectivity index (χ0v) is 14.4. The summed E-state index contributed by atoms with van der Waals surface area (Å²) in [4.78, 5) is 25.8. The summed E-state index contributed by atoms with van der Waals surface area (Å²) in [5.41, 5.74) is 2.27. The maximum absolute atomic E-state index is 12.8. The van der Waals surface area contributed by atoms with Gasteiger partial charge in [0.1, 0.15) is 17.0 Å². The van der Waals surface area contributed by atoms with Crippen LogP contribution in [0.1, 0.15) is 45.3 Å². The van der Waals surface area contributed by atoms with E-state index in [9.17, 15) is 14.7 Å². The van der Waals surface area contributed by atoms with Gasteiger partial charge in [-0.05, 0) is 36.1 Å². The van der Waals surface area contributed by atoms with Crippen molar-refractivity contribution in [1.29, 1.82) is 0 Å². The van der Waals surface area contributed by atoms with Gasteiger partial charge in [0, 0.05) is 20.1 Å². The van der Waals surface area contributed by atoms with Gasteiger partial charge in [-0.1, -0.05) is 13.0 Å². The van der Waals surface area contributed by atoms with Gasteiger partial charge >= 0.3 is 5.97 Å². The SMILES string of the molecule is CCCOc1ccc2c(c1)CCN(C(=O)c1c(C(=O)O)cnn1C)C2. The topological polar surface area (TPSA) is 84.7 Å². The quantitative estimate of drug-likeness (QED) is 0.899. The average molecular weight is 343 g/mol. The summed E-state index contributed by atoms with van der Waals surface area (Å²) in [6.45, 7) is 3.73. The molecule has 0 saturated heterocycles. The number of fused-ring (bicyclic) bond motifs is 1. The van der Waals surface area contributed by atoms with Crippen molar-refractivity contribution >= 4 is 11.9 Å². The molecule has 1 aromatic heterocycles. The summed E-state index contributed by atoms with van der Waals surface area (Å²) in [7, 11) is 1.58. The van der Waals surface area contributed by atoms with E-state index in [1.54, 1.807) is 11.9 Å². The van der Waals surface area contributed by atoms with Gasteiger partial charge in [0.05, 0.1) is 12.8 Å². The van der Waals surface area contributed by atoms with E-state index < -0.39 is 5.97 Å². The summed E-state index contributed by atoms with van der Waals surface area (Å²) in [6, 6.07) is 5.91. The molecule has 0 bridgehead atoms. The maximum Gasteiger partial charge on any atom is 0.339 e. The van der Waals surface area contributed by atoms with E-state index in [0.29, 0.717) is 26.1 Å². The number of carboxylic acids is 1. The zero-order chi connectivity index (χ0) is 18.0. The standard InChI is InChI=1S/C18H21N3O4/c1-3-8-25-14-5-4-13-11-21(7-6-12(13)9-14)17(22)16-15(18(23)24)10-19-20(16)2/h4-5,9-10H,3,6-8,11H2,1-2H3,(H,23,24). The molecular formula is C18H21N3O4. The predicted molar refractivity (Wildman–Crippen MR) is 90.8 cm³/mol. The summed E-state index contributed by atoms with van der Waals surface area (Å²) in [6.07, 6.45) is 2.88. The number of carbonyl (C=O) groups is 2. The van der Waals surface area contributed by atoms with Crippen LogP contribution in [0.4, 0.5) is 0 Å². The van der Waals surface area contributed by atoms with Crippen LogP contribution in [-0.2, 0) is 20.0 Å². The molecule has 3 rings (SSSR count). The Labute approximate surface area is 145 Å². The first-order chi connectivity index (χ1) is 12.0. The van der Waals surface area contributed by atoms with Crippen LogP contribution in [0, 0.1) is 0 Å². The Balaban J connectivity index is 1.80. The first kappa shape index (κ1) is 17.0. The molecule has 0 radical (unpaired) electrons. The van der Waals surface area contributed by atoms with Crippen molar-refractivity contribution in [2.24, 2.45) is 7.05 Å². The molecular weight excluding hydrogens is 322 g/mol. The van der Waals surface area contributed by atoms with Gasteiger partial charge in [-0.25, -0.2) is 4.79 Å². The van der Waals surface area contributed by atoms with Crippen LogP contribution in [0.2, 0.25) is 0 Å². The molecule has 1 aliphatic rings. The van der Waals surface area contributed by atoms with Crippen LogP contribution >= 0.6 is 0 Å². The van der Waals surface area contributed by atoms with E-state index in [4.69, 9.17) is 4.74 Å². The minimum atomic E-state index is -1.15. The summed E-state index contributed by atoms with van der Waals surface area (Å²) in [5.74, 6) is -0.610. The molecule has 2 heterocycles. The van der Waals surface area contributed by atoms with Gasteiger partial charge in [-0.15, -0.1) is 0 Å². The fraction of sp³-hybridized carbons (Fsp3) is 0.389. The van der Waals surface area contributed by atoms with Crippen LogP contribution in [0.15, 0.2) is 24.4 Å². The van der Waals surface area contributed by atoms with Crippen molar-refractivity contribution in [1.82, 2.24) is 14.7 Å². The van der Waals surface area contributed by atoms with Gasteiger partial charge in [0.2, 0.25) is 0 Å². The van der Waals surface area contributed by atoms with E-state index in [2.05, 4.69) is 12.0 Å². The molecule has 7 heteroatoms. The Kier molecular flexibility index (Phi) is 4.74. The van der Waals surface area contributed by atoms with Crippen molar-refractivity contribution in [3.63, 3.8) is 0 Å². The second-order valence-electron chi connectivity index (χ2n) is 6.09. The number of ether oxygens (including phenoxy) is 1. The molecule has 1 aliphatic heterocycles. The molecule has 0 spiro atoms. The number of hydrogen-bond acceptors (Lipinski definition) is 4. The minimum absolute atomic E-state index is 0.0680. The first-order valence-corrected chi connectivity index (χ1v) is 8.30. The van der Waals surface area contributed by atoms with Crippen molar-refractivity contribution in [2.75, 3.05) is 13.2 Å².